The fourth-order valence-electron chi connectivity index (χ4n) is 2.41. The molecule has 1 fully saturated rings. The SMILES string of the molecule is CCNC(=NCc1c(C)nn(C)c1C)NCC1COCCO1.I. The molecule has 0 amide bonds. The molecule has 132 valence electrons. The Morgan fingerprint density at radius 3 is 2.70 bits per heavy atom. The van der Waals surface area contributed by atoms with Crippen LogP contribution in [-0.4, -0.2) is 54.8 Å². The van der Waals surface area contributed by atoms with Crippen molar-refractivity contribution in [2.24, 2.45) is 12.0 Å². The number of nitrogens with zero attached hydrogens (tertiary/aromatic N) is 3. The van der Waals surface area contributed by atoms with Crippen LogP contribution in [0.2, 0.25) is 0 Å². The van der Waals surface area contributed by atoms with E-state index in [1.54, 1.807) is 0 Å². The third-order valence-electron chi connectivity index (χ3n) is 3.78. The van der Waals surface area contributed by atoms with Gasteiger partial charge in [-0.15, -0.1) is 24.0 Å². The van der Waals surface area contributed by atoms with Crippen molar-refractivity contribution in [2.75, 3.05) is 32.9 Å². The molecule has 0 spiro atoms. The molecule has 1 saturated heterocycles. The molecular formula is C15H28IN5O2. The predicted molar refractivity (Wildman–Crippen MR) is 101 cm³/mol. The summed E-state index contributed by atoms with van der Waals surface area (Å²) in [5, 5.41) is 11.0. The normalized spacial score (nSPS) is 18.4. The van der Waals surface area contributed by atoms with Gasteiger partial charge in [-0.1, -0.05) is 0 Å². The van der Waals surface area contributed by atoms with E-state index in [1.165, 1.54) is 5.56 Å². The fourth-order valence-corrected chi connectivity index (χ4v) is 2.41. The maximum atomic E-state index is 5.63. The van der Waals surface area contributed by atoms with Gasteiger partial charge in [-0.3, -0.25) is 4.68 Å². The summed E-state index contributed by atoms with van der Waals surface area (Å²) in [5.74, 6) is 0.791. The average molecular weight is 437 g/mol. The molecule has 0 bridgehead atoms. The summed E-state index contributed by atoms with van der Waals surface area (Å²) in [5.41, 5.74) is 3.36. The van der Waals surface area contributed by atoms with Crippen LogP contribution in [0, 0.1) is 13.8 Å². The molecule has 8 heteroatoms. The summed E-state index contributed by atoms with van der Waals surface area (Å²) in [6.07, 6.45) is 0.0828. The van der Waals surface area contributed by atoms with E-state index >= 15 is 0 Å². The van der Waals surface area contributed by atoms with Gasteiger partial charge in [0.15, 0.2) is 5.96 Å². The molecule has 0 radical (unpaired) electrons. The van der Waals surface area contributed by atoms with Crippen molar-refractivity contribution in [1.82, 2.24) is 20.4 Å². The molecule has 0 aromatic carbocycles. The molecule has 1 aromatic heterocycles. The summed E-state index contributed by atoms with van der Waals surface area (Å²) < 4.78 is 12.9. The first-order valence-corrected chi connectivity index (χ1v) is 7.82. The highest BCUT2D eigenvalue weighted by Gasteiger charge is 2.15. The summed E-state index contributed by atoms with van der Waals surface area (Å²) in [6.45, 7) is 10.2. The van der Waals surface area contributed by atoms with E-state index < -0.39 is 0 Å². The number of aliphatic imine (C=N–C) groups is 1. The van der Waals surface area contributed by atoms with Crippen molar-refractivity contribution < 1.29 is 9.47 Å². The maximum absolute atomic E-state index is 5.63. The second-order valence-corrected chi connectivity index (χ2v) is 5.42. The molecule has 1 aliphatic heterocycles. The highest BCUT2D eigenvalue weighted by atomic mass is 127. The van der Waals surface area contributed by atoms with Crippen LogP contribution in [0.5, 0.6) is 0 Å². The van der Waals surface area contributed by atoms with Gasteiger partial charge < -0.3 is 20.1 Å². The Hall–Kier alpha value is -0.870. The predicted octanol–water partition coefficient (Wildman–Crippen LogP) is 1.13. The lowest BCUT2D eigenvalue weighted by molar-refractivity contribution is -0.0850. The quantitative estimate of drug-likeness (QED) is 0.411. The lowest BCUT2D eigenvalue weighted by Gasteiger charge is -2.24. The van der Waals surface area contributed by atoms with Gasteiger partial charge in [0.05, 0.1) is 38.2 Å². The first-order valence-electron chi connectivity index (χ1n) is 7.82. The summed E-state index contributed by atoms with van der Waals surface area (Å²) in [6, 6.07) is 0. The van der Waals surface area contributed by atoms with E-state index in [0.29, 0.717) is 32.9 Å². The molecule has 23 heavy (non-hydrogen) atoms. The molecule has 1 aromatic rings. The van der Waals surface area contributed by atoms with Gasteiger partial charge in [-0.05, 0) is 20.8 Å². The lowest BCUT2D eigenvalue weighted by Crippen LogP contribution is -2.44. The van der Waals surface area contributed by atoms with Crippen molar-refractivity contribution in [3.05, 3.63) is 17.0 Å². The van der Waals surface area contributed by atoms with E-state index in [0.717, 1.165) is 23.9 Å². The summed E-state index contributed by atoms with van der Waals surface area (Å²) in [4.78, 5) is 4.65. The number of hydrogen-bond acceptors (Lipinski definition) is 4. The van der Waals surface area contributed by atoms with Crippen LogP contribution in [0.3, 0.4) is 0 Å². The number of guanidine groups is 1. The Morgan fingerprint density at radius 2 is 2.13 bits per heavy atom. The summed E-state index contributed by atoms with van der Waals surface area (Å²) >= 11 is 0. The Kier molecular flexibility index (Phi) is 8.85. The molecule has 1 atom stereocenters. The van der Waals surface area contributed by atoms with E-state index in [9.17, 15) is 0 Å². The monoisotopic (exact) mass is 437 g/mol. The highest BCUT2D eigenvalue weighted by Crippen LogP contribution is 2.12. The van der Waals surface area contributed by atoms with Crippen molar-refractivity contribution in [1.29, 1.82) is 0 Å². The summed E-state index contributed by atoms with van der Waals surface area (Å²) in [7, 11) is 1.96. The number of rotatable bonds is 5. The Morgan fingerprint density at radius 1 is 1.35 bits per heavy atom. The van der Waals surface area contributed by atoms with Crippen LogP contribution in [0.4, 0.5) is 0 Å². The van der Waals surface area contributed by atoms with Crippen molar-refractivity contribution in [3.8, 4) is 0 Å². The van der Waals surface area contributed by atoms with Gasteiger partial charge in [0.25, 0.3) is 0 Å². The number of nitrogens with one attached hydrogen (secondary N) is 2. The highest BCUT2D eigenvalue weighted by molar-refractivity contribution is 14.0. The topological polar surface area (TPSA) is 72.7 Å². The van der Waals surface area contributed by atoms with Gasteiger partial charge in [-0.2, -0.15) is 5.10 Å². The van der Waals surface area contributed by atoms with Crippen LogP contribution < -0.4 is 10.6 Å². The zero-order chi connectivity index (χ0) is 15.9. The average Bonchev–Trinajstić information content (AvgIpc) is 2.76. The number of hydrogen-bond donors (Lipinski definition) is 2. The second kappa shape index (κ2) is 10.1. The van der Waals surface area contributed by atoms with Crippen LogP contribution >= 0.6 is 24.0 Å². The third-order valence-corrected chi connectivity index (χ3v) is 3.78. The van der Waals surface area contributed by atoms with Crippen LogP contribution in [0.1, 0.15) is 23.9 Å². The second-order valence-electron chi connectivity index (χ2n) is 5.42. The fraction of sp³-hybridized carbons (Fsp3) is 0.733. The molecular weight excluding hydrogens is 409 g/mol. The van der Waals surface area contributed by atoms with E-state index in [1.807, 2.05) is 18.7 Å². The minimum atomic E-state index is 0. The third kappa shape index (κ3) is 5.92. The van der Waals surface area contributed by atoms with E-state index in [4.69, 9.17) is 9.47 Å². The van der Waals surface area contributed by atoms with Gasteiger partial charge in [0.1, 0.15) is 0 Å². The van der Waals surface area contributed by atoms with Gasteiger partial charge in [0.2, 0.25) is 0 Å². The van der Waals surface area contributed by atoms with E-state index in [2.05, 4.69) is 34.6 Å². The largest absolute Gasteiger partial charge is 0.376 e. The maximum Gasteiger partial charge on any atom is 0.191 e. The minimum Gasteiger partial charge on any atom is -0.376 e. The van der Waals surface area contributed by atoms with Crippen molar-refractivity contribution in [2.45, 2.75) is 33.4 Å². The molecule has 0 saturated carbocycles. The Labute approximate surface area is 155 Å². The first-order chi connectivity index (χ1) is 10.6. The number of ether oxygens (including phenoxy) is 2. The standard InChI is InChI=1S/C15H27N5O2.HI/c1-5-16-15(17-8-13-10-21-6-7-22-13)18-9-14-11(2)19-20(4)12(14)3;/h13H,5-10H2,1-4H3,(H2,16,17,18);1H. The number of aryl methyl sites for hydroxylation is 2. The van der Waals surface area contributed by atoms with Crippen LogP contribution in [0.25, 0.3) is 0 Å². The molecule has 1 aliphatic rings. The first kappa shape index (κ1) is 20.2. The molecule has 1 unspecified atom stereocenters. The van der Waals surface area contributed by atoms with Gasteiger partial charge in [0, 0.05) is 31.4 Å². The molecule has 2 heterocycles. The zero-order valence-corrected chi connectivity index (χ0v) is 16.7. The molecule has 0 aliphatic carbocycles. The van der Waals surface area contributed by atoms with Crippen molar-refractivity contribution >= 4 is 29.9 Å². The van der Waals surface area contributed by atoms with Gasteiger partial charge in [-0.25, -0.2) is 4.99 Å². The Balaban J connectivity index is 0.00000264. The molecule has 2 rings (SSSR count). The minimum absolute atomic E-state index is 0. The van der Waals surface area contributed by atoms with E-state index in [-0.39, 0.29) is 30.1 Å². The zero-order valence-electron chi connectivity index (χ0n) is 14.4. The van der Waals surface area contributed by atoms with Crippen LogP contribution in [0.15, 0.2) is 4.99 Å². The van der Waals surface area contributed by atoms with Gasteiger partial charge >= 0.3 is 0 Å². The smallest absolute Gasteiger partial charge is 0.191 e. The lowest BCUT2D eigenvalue weighted by atomic mass is 10.2. The Bertz CT molecular complexity index is 512. The molecule has 7 nitrogen and oxygen atoms in total. The number of aromatic nitrogens is 2. The van der Waals surface area contributed by atoms with Crippen molar-refractivity contribution in [3.63, 3.8) is 0 Å². The molecule has 2 N–H and O–H groups in total. The number of halogens is 1. The van der Waals surface area contributed by atoms with Crippen LogP contribution in [-0.2, 0) is 23.1 Å².